The van der Waals surface area contributed by atoms with Crippen molar-refractivity contribution in [3.05, 3.63) is 34.9 Å². The summed E-state index contributed by atoms with van der Waals surface area (Å²) in [6.45, 7) is 3.98. The van der Waals surface area contributed by atoms with Crippen molar-refractivity contribution in [2.45, 2.75) is 26.3 Å². The highest BCUT2D eigenvalue weighted by Crippen LogP contribution is 2.17. The van der Waals surface area contributed by atoms with Gasteiger partial charge in [0, 0.05) is 17.1 Å². The summed E-state index contributed by atoms with van der Waals surface area (Å²) >= 11 is 5.81. The normalized spacial score (nSPS) is 20.2. The zero-order valence-electron chi connectivity index (χ0n) is 14.3. The van der Waals surface area contributed by atoms with Crippen LogP contribution in [0.3, 0.4) is 0 Å². The summed E-state index contributed by atoms with van der Waals surface area (Å²) in [6, 6.07) is 5.72. The summed E-state index contributed by atoms with van der Waals surface area (Å²) in [5.41, 5.74) is 0.421. The second-order valence-electron chi connectivity index (χ2n) is 6.72. The van der Waals surface area contributed by atoms with Gasteiger partial charge in [-0.05, 0) is 42.5 Å². The second kappa shape index (κ2) is 8.19. The number of benzene rings is 1. The first-order valence-corrected chi connectivity index (χ1v) is 10.4. The number of nitrogens with one attached hydrogen (secondary N) is 2. The third kappa shape index (κ3) is 5.71. The van der Waals surface area contributed by atoms with E-state index < -0.39 is 15.9 Å². The number of rotatable bonds is 6. The Morgan fingerprint density at radius 1 is 1.24 bits per heavy atom. The minimum atomic E-state index is -2.97. The van der Waals surface area contributed by atoms with Gasteiger partial charge in [-0.15, -0.1) is 0 Å². The van der Waals surface area contributed by atoms with Gasteiger partial charge in [0.1, 0.15) is 6.04 Å². The minimum absolute atomic E-state index is 0.0614. The molecule has 1 heterocycles. The molecule has 1 aromatic rings. The molecule has 0 radical (unpaired) electrons. The summed E-state index contributed by atoms with van der Waals surface area (Å²) in [4.78, 5) is 24.7. The average molecular weight is 387 g/mol. The monoisotopic (exact) mass is 386 g/mol. The summed E-state index contributed by atoms with van der Waals surface area (Å²) in [6.07, 6.45) is 0.562. The van der Waals surface area contributed by atoms with Gasteiger partial charge in [0.05, 0.1) is 11.5 Å². The summed E-state index contributed by atoms with van der Waals surface area (Å²) in [5, 5.41) is 6.03. The maximum absolute atomic E-state index is 12.4. The number of sulfone groups is 1. The van der Waals surface area contributed by atoms with E-state index in [1.165, 1.54) is 0 Å². The number of hydrogen-bond donors (Lipinski definition) is 2. The lowest BCUT2D eigenvalue weighted by Gasteiger charge is -2.22. The molecule has 2 amide bonds. The first-order valence-electron chi connectivity index (χ1n) is 8.22. The quantitative estimate of drug-likeness (QED) is 0.777. The smallest absolute Gasteiger partial charge is 0.251 e. The fraction of sp³-hybridized carbons (Fsp3) is 0.529. The summed E-state index contributed by atoms with van der Waals surface area (Å²) < 4.78 is 22.9. The second-order valence-corrected chi connectivity index (χ2v) is 9.38. The van der Waals surface area contributed by atoms with E-state index in [1.807, 2.05) is 13.8 Å². The predicted molar refractivity (Wildman–Crippen MR) is 97.3 cm³/mol. The van der Waals surface area contributed by atoms with Crippen LogP contribution in [-0.4, -0.2) is 44.3 Å². The Morgan fingerprint density at radius 2 is 1.88 bits per heavy atom. The van der Waals surface area contributed by atoms with Crippen LogP contribution < -0.4 is 10.6 Å². The Bertz CT molecular complexity index is 732. The van der Waals surface area contributed by atoms with E-state index in [9.17, 15) is 18.0 Å². The van der Waals surface area contributed by atoms with Gasteiger partial charge in [0.15, 0.2) is 9.84 Å². The van der Waals surface area contributed by atoms with Crippen LogP contribution in [0.25, 0.3) is 0 Å². The fourth-order valence-corrected chi connectivity index (χ4v) is 4.74. The number of carbonyl (C=O) groups is 2. The van der Waals surface area contributed by atoms with Gasteiger partial charge in [-0.25, -0.2) is 8.42 Å². The van der Waals surface area contributed by atoms with Crippen molar-refractivity contribution in [1.29, 1.82) is 0 Å². The Morgan fingerprint density at radius 3 is 2.40 bits per heavy atom. The summed E-state index contributed by atoms with van der Waals surface area (Å²) in [5.74, 6) is -0.543. The highest BCUT2D eigenvalue weighted by Gasteiger charge is 2.30. The Labute approximate surface area is 153 Å². The Hall–Kier alpha value is -1.60. The molecule has 0 saturated carbocycles. The number of hydrogen-bond acceptors (Lipinski definition) is 4. The third-order valence-electron chi connectivity index (χ3n) is 4.23. The van der Waals surface area contributed by atoms with Crippen LogP contribution in [0.2, 0.25) is 5.02 Å². The van der Waals surface area contributed by atoms with Gasteiger partial charge in [0.2, 0.25) is 5.91 Å². The van der Waals surface area contributed by atoms with E-state index >= 15 is 0 Å². The van der Waals surface area contributed by atoms with E-state index in [0.717, 1.165) is 0 Å². The van der Waals surface area contributed by atoms with E-state index in [4.69, 9.17) is 11.6 Å². The highest BCUT2D eigenvalue weighted by atomic mass is 35.5. The molecule has 0 spiro atoms. The van der Waals surface area contributed by atoms with Crippen LogP contribution in [0, 0.1) is 11.8 Å². The molecule has 1 aliphatic rings. The van der Waals surface area contributed by atoms with Gasteiger partial charge < -0.3 is 10.6 Å². The van der Waals surface area contributed by atoms with Gasteiger partial charge in [-0.2, -0.15) is 0 Å². The van der Waals surface area contributed by atoms with Crippen molar-refractivity contribution >= 4 is 33.3 Å². The molecular formula is C17H23ClN2O4S. The van der Waals surface area contributed by atoms with Crippen molar-refractivity contribution < 1.29 is 18.0 Å². The number of amides is 2. The highest BCUT2D eigenvalue weighted by molar-refractivity contribution is 7.91. The van der Waals surface area contributed by atoms with Crippen LogP contribution in [0.5, 0.6) is 0 Å². The van der Waals surface area contributed by atoms with Crippen LogP contribution >= 0.6 is 11.6 Å². The van der Waals surface area contributed by atoms with E-state index in [-0.39, 0.29) is 35.2 Å². The van der Waals surface area contributed by atoms with Gasteiger partial charge in [-0.3, -0.25) is 9.59 Å². The number of halogens is 1. The largest absolute Gasteiger partial charge is 0.354 e. The Balaban J connectivity index is 1.94. The molecule has 2 rings (SSSR count). The molecule has 8 heteroatoms. The fourth-order valence-electron chi connectivity index (χ4n) is 2.75. The molecule has 1 saturated heterocycles. The first kappa shape index (κ1) is 19.7. The van der Waals surface area contributed by atoms with Crippen molar-refractivity contribution in [3.63, 3.8) is 0 Å². The molecular weight excluding hydrogens is 364 g/mol. The molecule has 2 atom stereocenters. The first-order chi connectivity index (χ1) is 11.7. The molecule has 1 aromatic carbocycles. The SMILES string of the molecule is CC(C)C(NC(=O)c1ccc(Cl)cc1)C(=O)NCC1CCS(=O)(=O)C1. The van der Waals surface area contributed by atoms with E-state index in [0.29, 0.717) is 23.6 Å². The zero-order chi connectivity index (χ0) is 18.6. The van der Waals surface area contributed by atoms with Crippen molar-refractivity contribution in [1.82, 2.24) is 10.6 Å². The third-order valence-corrected chi connectivity index (χ3v) is 6.32. The van der Waals surface area contributed by atoms with Gasteiger partial charge in [-0.1, -0.05) is 25.4 Å². The molecule has 0 aliphatic carbocycles. The minimum Gasteiger partial charge on any atom is -0.354 e. The van der Waals surface area contributed by atoms with Crippen LogP contribution in [0.15, 0.2) is 24.3 Å². The zero-order valence-corrected chi connectivity index (χ0v) is 15.9. The van der Waals surface area contributed by atoms with Crippen molar-refractivity contribution in [2.24, 2.45) is 11.8 Å². The maximum atomic E-state index is 12.4. The predicted octanol–water partition coefficient (Wildman–Crippen LogP) is 1.65. The maximum Gasteiger partial charge on any atom is 0.251 e. The number of carbonyl (C=O) groups excluding carboxylic acids is 2. The molecule has 1 aliphatic heterocycles. The lowest BCUT2D eigenvalue weighted by Crippen LogP contribution is -2.50. The standard InChI is InChI=1S/C17H23ClN2O4S/c1-11(2)15(20-16(21)13-3-5-14(18)6-4-13)17(22)19-9-12-7-8-25(23,24)10-12/h3-6,11-12,15H,7-10H2,1-2H3,(H,19,22)(H,20,21). The van der Waals surface area contributed by atoms with Crippen LogP contribution in [0.4, 0.5) is 0 Å². The van der Waals surface area contributed by atoms with Crippen molar-refractivity contribution in [2.75, 3.05) is 18.1 Å². The lowest BCUT2D eigenvalue weighted by molar-refractivity contribution is -0.124. The van der Waals surface area contributed by atoms with Gasteiger partial charge in [0.25, 0.3) is 5.91 Å². The van der Waals surface area contributed by atoms with Crippen molar-refractivity contribution in [3.8, 4) is 0 Å². The van der Waals surface area contributed by atoms with E-state index in [2.05, 4.69) is 10.6 Å². The van der Waals surface area contributed by atoms with Crippen LogP contribution in [-0.2, 0) is 14.6 Å². The molecule has 0 aromatic heterocycles. The van der Waals surface area contributed by atoms with Crippen LogP contribution in [0.1, 0.15) is 30.6 Å². The molecule has 25 heavy (non-hydrogen) atoms. The molecule has 2 N–H and O–H groups in total. The molecule has 2 unspecified atom stereocenters. The molecule has 0 bridgehead atoms. The topological polar surface area (TPSA) is 92.3 Å². The molecule has 1 fully saturated rings. The Kier molecular flexibility index (Phi) is 6.46. The molecule has 6 nitrogen and oxygen atoms in total. The van der Waals surface area contributed by atoms with E-state index in [1.54, 1.807) is 24.3 Å². The average Bonchev–Trinajstić information content (AvgIpc) is 2.89. The lowest BCUT2D eigenvalue weighted by atomic mass is 10.0. The van der Waals surface area contributed by atoms with Gasteiger partial charge >= 0.3 is 0 Å². The summed E-state index contributed by atoms with van der Waals surface area (Å²) in [7, 11) is -2.97. The molecule has 138 valence electrons.